The zero-order chi connectivity index (χ0) is 15.7. The van der Waals surface area contributed by atoms with E-state index in [1.54, 1.807) is 13.8 Å². The van der Waals surface area contributed by atoms with Crippen LogP contribution in [0.1, 0.15) is 35.6 Å². The molecule has 0 aliphatic heterocycles. The van der Waals surface area contributed by atoms with Crippen LogP contribution in [-0.4, -0.2) is 20.9 Å². The monoisotopic (exact) mass is 298 g/mol. The van der Waals surface area contributed by atoms with Crippen LogP contribution >= 0.6 is 0 Å². The fourth-order valence-electron chi connectivity index (χ4n) is 2.20. The lowest BCUT2D eigenvalue weighted by atomic mass is 10.1. The van der Waals surface area contributed by atoms with E-state index in [4.69, 9.17) is 0 Å². The van der Waals surface area contributed by atoms with Crippen molar-refractivity contribution >= 4 is 5.97 Å². The second-order valence-electron chi connectivity index (χ2n) is 4.42. The van der Waals surface area contributed by atoms with E-state index < -0.39 is 23.4 Å². The molecule has 0 aliphatic rings. The molecule has 0 bridgehead atoms. The number of carbonyl (C=O) groups is 1. The lowest BCUT2D eigenvalue weighted by molar-refractivity contribution is 0.0694. The Morgan fingerprint density at radius 2 is 1.76 bits per heavy atom. The highest BCUT2D eigenvalue weighted by molar-refractivity contribution is 5.90. The summed E-state index contributed by atoms with van der Waals surface area (Å²) < 4.78 is 40.8. The molecule has 2 aromatic rings. The van der Waals surface area contributed by atoms with E-state index in [0.29, 0.717) is 24.2 Å². The van der Waals surface area contributed by atoms with Gasteiger partial charge in [-0.25, -0.2) is 22.6 Å². The Kier molecular flexibility index (Phi) is 4.02. The van der Waals surface area contributed by atoms with E-state index in [9.17, 15) is 23.1 Å². The summed E-state index contributed by atoms with van der Waals surface area (Å²) in [6, 6.07) is 1.57. The maximum Gasteiger partial charge on any atom is 0.339 e. The van der Waals surface area contributed by atoms with Crippen LogP contribution in [0.5, 0.6) is 0 Å². The number of benzene rings is 1. The molecule has 21 heavy (non-hydrogen) atoms. The van der Waals surface area contributed by atoms with Gasteiger partial charge in [0.1, 0.15) is 5.56 Å². The molecule has 112 valence electrons. The van der Waals surface area contributed by atoms with Gasteiger partial charge in [0, 0.05) is 12.1 Å². The Morgan fingerprint density at radius 1 is 1.19 bits per heavy atom. The summed E-state index contributed by atoms with van der Waals surface area (Å²) in [5.41, 5.74) is 0.588. The van der Waals surface area contributed by atoms with Crippen molar-refractivity contribution in [1.29, 1.82) is 0 Å². The van der Waals surface area contributed by atoms with Gasteiger partial charge in [-0.05, 0) is 12.8 Å². The Labute approximate surface area is 118 Å². The minimum atomic E-state index is -1.57. The smallest absolute Gasteiger partial charge is 0.339 e. The molecule has 4 nitrogen and oxygen atoms in total. The lowest BCUT2D eigenvalue weighted by Gasteiger charge is -2.07. The van der Waals surface area contributed by atoms with E-state index in [0.717, 1.165) is 16.8 Å². The zero-order valence-electron chi connectivity index (χ0n) is 11.5. The van der Waals surface area contributed by atoms with Gasteiger partial charge in [-0.3, -0.25) is 0 Å². The van der Waals surface area contributed by atoms with Crippen molar-refractivity contribution in [3.8, 4) is 5.69 Å². The Balaban J connectivity index is 2.72. The molecule has 0 unspecified atom stereocenters. The third-order valence-corrected chi connectivity index (χ3v) is 3.15. The summed E-state index contributed by atoms with van der Waals surface area (Å²) in [4.78, 5) is 11.3. The number of rotatable bonds is 4. The number of carboxylic acids is 1. The van der Waals surface area contributed by atoms with Crippen LogP contribution in [0.3, 0.4) is 0 Å². The number of carboxylic acid groups (broad SMARTS) is 1. The van der Waals surface area contributed by atoms with Crippen molar-refractivity contribution in [2.75, 3.05) is 0 Å². The highest BCUT2D eigenvalue weighted by Crippen LogP contribution is 2.23. The topological polar surface area (TPSA) is 55.1 Å². The van der Waals surface area contributed by atoms with Gasteiger partial charge in [-0.2, -0.15) is 5.10 Å². The largest absolute Gasteiger partial charge is 0.478 e. The summed E-state index contributed by atoms with van der Waals surface area (Å²) in [6.45, 7) is 3.43. The van der Waals surface area contributed by atoms with Crippen LogP contribution in [0.25, 0.3) is 5.69 Å². The number of hydrogen-bond donors (Lipinski definition) is 1. The van der Waals surface area contributed by atoms with E-state index in [-0.39, 0.29) is 11.3 Å². The van der Waals surface area contributed by atoms with Crippen LogP contribution in [0.4, 0.5) is 13.2 Å². The molecular formula is C14H13F3N2O2. The fraction of sp³-hybridized carbons (Fsp3) is 0.286. The van der Waals surface area contributed by atoms with Crippen molar-refractivity contribution in [1.82, 2.24) is 9.78 Å². The van der Waals surface area contributed by atoms with Gasteiger partial charge < -0.3 is 5.11 Å². The molecule has 1 N–H and O–H groups in total. The predicted octanol–water partition coefficient (Wildman–Crippen LogP) is 3.11. The highest BCUT2D eigenvalue weighted by Gasteiger charge is 2.23. The Morgan fingerprint density at radius 3 is 2.19 bits per heavy atom. The zero-order valence-corrected chi connectivity index (χ0v) is 11.5. The average Bonchev–Trinajstić information content (AvgIpc) is 2.82. The van der Waals surface area contributed by atoms with Gasteiger partial charge in [0.2, 0.25) is 0 Å². The normalized spacial score (nSPS) is 10.9. The van der Waals surface area contributed by atoms with E-state index in [2.05, 4.69) is 5.10 Å². The minimum Gasteiger partial charge on any atom is -0.478 e. The molecule has 0 spiro atoms. The second-order valence-corrected chi connectivity index (χ2v) is 4.42. The van der Waals surface area contributed by atoms with Crippen molar-refractivity contribution in [2.45, 2.75) is 26.7 Å². The molecule has 0 saturated heterocycles. The molecule has 1 aromatic carbocycles. The van der Waals surface area contributed by atoms with Crippen molar-refractivity contribution in [3.05, 3.63) is 46.5 Å². The quantitative estimate of drug-likeness (QED) is 0.882. The first-order valence-electron chi connectivity index (χ1n) is 6.39. The van der Waals surface area contributed by atoms with Gasteiger partial charge in [-0.1, -0.05) is 13.8 Å². The van der Waals surface area contributed by atoms with E-state index >= 15 is 0 Å². The number of nitrogens with zero attached hydrogens (tertiary/aromatic N) is 2. The first-order valence-corrected chi connectivity index (χ1v) is 6.39. The van der Waals surface area contributed by atoms with Crippen LogP contribution in [0.2, 0.25) is 0 Å². The molecule has 7 heteroatoms. The summed E-state index contributed by atoms with van der Waals surface area (Å²) in [6.07, 6.45) is 0.656. The molecule has 0 amide bonds. The Hall–Kier alpha value is -2.31. The molecule has 2 rings (SSSR count). The molecule has 0 fully saturated rings. The van der Waals surface area contributed by atoms with Gasteiger partial charge in [0.05, 0.1) is 17.1 Å². The van der Waals surface area contributed by atoms with Gasteiger partial charge in [0.25, 0.3) is 0 Å². The molecule has 1 aromatic heterocycles. The van der Waals surface area contributed by atoms with Crippen molar-refractivity contribution < 1.29 is 23.1 Å². The summed E-state index contributed by atoms with van der Waals surface area (Å²) in [5.74, 6) is -5.42. The van der Waals surface area contributed by atoms with Crippen LogP contribution in [-0.2, 0) is 12.8 Å². The molecular weight excluding hydrogens is 285 g/mol. The molecule has 1 heterocycles. The van der Waals surface area contributed by atoms with Crippen LogP contribution in [0.15, 0.2) is 12.1 Å². The molecule has 0 atom stereocenters. The van der Waals surface area contributed by atoms with Crippen LogP contribution in [0, 0.1) is 17.5 Å². The number of halogens is 3. The highest BCUT2D eigenvalue weighted by atomic mass is 19.2. The summed E-state index contributed by atoms with van der Waals surface area (Å²) >= 11 is 0. The molecule has 0 saturated carbocycles. The predicted molar refractivity (Wildman–Crippen MR) is 69.2 cm³/mol. The number of aromatic carboxylic acids is 1. The standard InChI is InChI=1S/C14H13F3N2O2/c1-3-10-12(14(20)21)11(4-2)19(18-10)7-5-8(15)13(17)9(16)6-7/h5-6H,3-4H2,1-2H3,(H,20,21). The van der Waals surface area contributed by atoms with E-state index in [1.165, 1.54) is 0 Å². The lowest BCUT2D eigenvalue weighted by Crippen LogP contribution is -2.07. The number of hydrogen-bond acceptors (Lipinski definition) is 2. The second kappa shape index (κ2) is 5.59. The van der Waals surface area contributed by atoms with Crippen molar-refractivity contribution in [3.63, 3.8) is 0 Å². The molecule has 0 aliphatic carbocycles. The van der Waals surface area contributed by atoms with Gasteiger partial charge >= 0.3 is 5.97 Å². The number of aryl methyl sites for hydroxylation is 1. The summed E-state index contributed by atoms with van der Waals surface area (Å²) in [7, 11) is 0. The van der Waals surface area contributed by atoms with Crippen LogP contribution < -0.4 is 0 Å². The maximum atomic E-state index is 13.3. The van der Waals surface area contributed by atoms with E-state index in [1.807, 2.05) is 0 Å². The minimum absolute atomic E-state index is 0.0186. The van der Waals surface area contributed by atoms with Gasteiger partial charge in [0.15, 0.2) is 17.5 Å². The fourth-order valence-corrected chi connectivity index (χ4v) is 2.20. The first-order chi connectivity index (χ1) is 9.90. The van der Waals surface area contributed by atoms with Crippen molar-refractivity contribution in [2.24, 2.45) is 0 Å². The van der Waals surface area contributed by atoms with Gasteiger partial charge in [-0.15, -0.1) is 0 Å². The SMILES string of the molecule is CCc1nn(-c2cc(F)c(F)c(F)c2)c(CC)c1C(=O)O. The molecule has 0 radical (unpaired) electrons. The first kappa shape index (κ1) is 15.1. The average molecular weight is 298 g/mol. The summed E-state index contributed by atoms with van der Waals surface area (Å²) in [5, 5.41) is 13.3. The third kappa shape index (κ3) is 2.51. The Bertz CT molecular complexity index is 687. The maximum absolute atomic E-state index is 13.3. The number of aromatic nitrogens is 2. The third-order valence-electron chi connectivity index (χ3n) is 3.15.